The Kier molecular flexibility index (Phi) is 6.35. The summed E-state index contributed by atoms with van der Waals surface area (Å²) in [6, 6.07) is 8.58. The molecule has 0 bridgehead atoms. The van der Waals surface area contributed by atoms with E-state index >= 15 is 0 Å². The summed E-state index contributed by atoms with van der Waals surface area (Å²) in [5.41, 5.74) is 2.73. The molecule has 0 aromatic heterocycles. The van der Waals surface area contributed by atoms with E-state index in [4.69, 9.17) is 0 Å². The first kappa shape index (κ1) is 16.1. The molecule has 116 valence electrons. The molecule has 1 aromatic rings. The van der Waals surface area contributed by atoms with Crippen LogP contribution in [0.25, 0.3) is 6.08 Å². The van der Waals surface area contributed by atoms with Crippen LogP contribution in [0.2, 0.25) is 0 Å². The Morgan fingerprint density at radius 1 is 0.905 bits per heavy atom. The van der Waals surface area contributed by atoms with Gasteiger partial charge in [0.15, 0.2) is 0 Å². The van der Waals surface area contributed by atoms with Gasteiger partial charge < -0.3 is 5.32 Å². The third-order valence-corrected chi connectivity index (χ3v) is 4.56. The maximum absolute atomic E-state index is 3.71. The molecule has 1 atom stereocenters. The van der Waals surface area contributed by atoms with Gasteiger partial charge in [-0.1, -0.05) is 88.6 Å². The lowest BCUT2D eigenvalue weighted by molar-refractivity contribution is 0.505. The largest absolute Gasteiger partial charge is 0.376 e. The van der Waals surface area contributed by atoms with Gasteiger partial charge in [-0.25, -0.2) is 0 Å². The van der Waals surface area contributed by atoms with Gasteiger partial charge in [0, 0.05) is 5.69 Å². The van der Waals surface area contributed by atoms with Crippen molar-refractivity contribution in [3.63, 3.8) is 0 Å². The van der Waals surface area contributed by atoms with Crippen LogP contribution in [0.3, 0.4) is 0 Å². The molecule has 1 aliphatic heterocycles. The molecule has 0 fully saturated rings. The van der Waals surface area contributed by atoms with Crippen LogP contribution < -0.4 is 5.32 Å². The molecule has 1 aromatic carbocycles. The summed E-state index contributed by atoms with van der Waals surface area (Å²) in [5, 5.41) is 3.71. The lowest BCUT2D eigenvalue weighted by Crippen LogP contribution is -2.34. The van der Waals surface area contributed by atoms with Gasteiger partial charge in [0.25, 0.3) is 0 Å². The van der Waals surface area contributed by atoms with Crippen molar-refractivity contribution in [1.82, 2.24) is 0 Å². The first-order valence-electron chi connectivity index (χ1n) is 8.80. The SMILES string of the molecule is CCCCCCCCCCC1(C)C=Cc2ccccc2N1. The molecule has 0 saturated heterocycles. The van der Waals surface area contributed by atoms with Gasteiger partial charge in [0.1, 0.15) is 0 Å². The second-order valence-corrected chi connectivity index (χ2v) is 6.69. The number of hydrogen-bond acceptors (Lipinski definition) is 1. The summed E-state index contributed by atoms with van der Waals surface area (Å²) in [4.78, 5) is 0. The molecule has 1 nitrogen and oxygen atoms in total. The molecule has 0 amide bonds. The van der Waals surface area contributed by atoms with Crippen LogP contribution in [-0.4, -0.2) is 5.54 Å². The number of anilines is 1. The van der Waals surface area contributed by atoms with Crippen LogP contribution >= 0.6 is 0 Å². The highest BCUT2D eigenvalue weighted by Gasteiger charge is 2.23. The van der Waals surface area contributed by atoms with E-state index in [0.29, 0.717) is 0 Å². The van der Waals surface area contributed by atoms with E-state index in [0.717, 1.165) is 0 Å². The number of fused-ring (bicyclic) bond motifs is 1. The molecule has 0 saturated carbocycles. The highest BCUT2D eigenvalue weighted by Crippen LogP contribution is 2.31. The smallest absolute Gasteiger partial charge is 0.0531 e. The fourth-order valence-corrected chi connectivity index (χ4v) is 3.15. The van der Waals surface area contributed by atoms with Gasteiger partial charge in [-0.2, -0.15) is 0 Å². The van der Waals surface area contributed by atoms with E-state index in [1.165, 1.54) is 69.0 Å². The zero-order valence-electron chi connectivity index (χ0n) is 13.8. The lowest BCUT2D eigenvalue weighted by atomic mass is 9.89. The van der Waals surface area contributed by atoms with Gasteiger partial charge in [0.2, 0.25) is 0 Å². The standard InChI is InChI=1S/C20H31N/c1-3-4-5-6-7-8-9-12-16-20(2)17-15-18-13-10-11-14-19(18)21-20/h10-11,13-15,17,21H,3-9,12,16H2,1-2H3. The molecule has 1 heterocycles. The quantitative estimate of drug-likeness (QED) is 0.516. The molecule has 0 aliphatic carbocycles. The van der Waals surface area contributed by atoms with E-state index in [9.17, 15) is 0 Å². The fourth-order valence-electron chi connectivity index (χ4n) is 3.15. The van der Waals surface area contributed by atoms with Crippen molar-refractivity contribution in [2.75, 3.05) is 5.32 Å². The average Bonchev–Trinajstić information content (AvgIpc) is 2.50. The van der Waals surface area contributed by atoms with Crippen LogP contribution in [-0.2, 0) is 0 Å². The van der Waals surface area contributed by atoms with Crippen LogP contribution in [0.15, 0.2) is 30.3 Å². The van der Waals surface area contributed by atoms with Gasteiger partial charge in [0.05, 0.1) is 5.54 Å². The van der Waals surface area contributed by atoms with Crippen LogP contribution in [0.5, 0.6) is 0 Å². The van der Waals surface area contributed by atoms with E-state index in [-0.39, 0.29) is 5.54 Å². The minimum absolute atomic E-state index is 0.135. The predicted octanol–water partition coefficient (Wildman–Crippen LogP) is 6.41. The fraction of sp³-hybridized carbons (Fsp3) is 0.600. The van der Waals surface area contributed by atoms with Gasteiger partial charge in [-0.3, -0.25) is 0 Å². The zero-order chi connectivity index (χ0) is 15.0. The normalized spacial score (nSPS) is 20.1. The molecule has 21 heavy (non-hydrogen) atoms. The Morgan fingerprint density at radius 3 is 2.33 bits per heavy atom. The lowest BCUT2D eigenvalue weighted by Gasteiger charge is -2.33. The van der Waals surface area contributed by atoms with Crippen LogP contribution in [0.1, 0.15) is 77.2 Å². The maximum Gasteiger partial charge on any atom is 0.0531 e. The Hall–Kier alpha value is -1.24. The van der Waals surface area contributed by atoms with Crippen LogP contribution in [0, 0.1) is 0 Å². The second kappa shape index (κ2) is 8.26. The Morgan fingerprint density at radius 2 is 1.57 bits per heavy atom. The minimum atomic E-state index is 0.135. The first-order chi connectivity index (χ1) is 10.2. The van der Waals surface area contributed by atoms with Crippen molar-refractivity contribution in [3.05, 3.63) is 35.9 Å². The maximum atomic E-state index is 3.71. The molecular formula is C20H31N. The molecule has 2 rings (SSSR count). The highest BCUT2D eigenvalue weighted by molar-refractivity contribution is 5.72. The number of benzene rings is 1. The Labute approximate surface area is 130 Å². The highest BCUT2D eigenvalue weighted by atomic mass is 15.0. The van der Waals surface area contributed by atoms with Crippen molar-refractivity contribution >= 4 is 11.8 Å². The minimum Gasteiger partial charge on any atom is -0.376 e. The number of hydrogen-bond donors (Lipinski definition) is 1. The molecule has 0 spiro atoms. The third-order valence-electron chi connectivity index (χ3n) is 4.56. The average molecular weight is 285 g/mol. The topological polar surface area (TPSA) is 12.0 Å². The van der Waals surface area contributed by atoms with Crippen molar-refractivity contribution in [2.45, 2.75) is 77.2 Å². The Bertz CT molecular complexity index is 449. The molecule has 1 aliphatic rings. The van der Waals surface area contributed by atoms with Gasteiger partial charge >= 0.3 is 0 Å². The van der Waals surface area contributed by atoms with Gasteiger partial charge in [-0.15, -0.1) is 0 Å². The van der Waals surface area contributed by atoms with E-state index in [1.807, 2.05) is 0 Å². The molecular weight excluding hydrogens is 254 g/mol. The van der Waals surface area contributed by atoms with Crippen molar-refractivity contribution < 1.29 is 0 Å². The second-order valence-electron chi connectivity index (χ2n) is 6.69. The van der Waals surface area contributed by atoms with Crippen LogP contribution in [0.4, 0.5) is 5.69 Å². The van der Waals surface area contributed by atoms with Crippen molar-refractivity contribution in [3.8, 4) is 0 Å². The number of para-hydroxylation sites is 1. The molecule has 1 heteroatoms. The Balaban J connectivity index is 1.65. The van der Waals surface area contributed by atoms with Crippen molar-refractivity contribution in [2.24, 2.45) is 0 Å². The molecule has 0 radical (unpaired) electrons. The summed E-state index contributed by atoms with van der Waals surface area (Å²) >= 11 is 0. The summed E-state index contributed by atoms with van der Waals surface area (Å²) in [5.74, 6) is 0. The summed E-state index contributed by atoms with van der Waals surface area (Å²) in [7, 11) is 0. The van der Waals surface area contributed by atoms with E-state index in [1.54, 1.807) is 0 Å². The van der Waals surface area contributed by atoms with E-state index in [2.05, 4.69) is 55.6 Å². The zero-order valence-corrected chi connectivity index (χ0v) is 13.8. The summed E-state index contributed by atoms with van der Waals surface area (Å²) in [6.07, 6.45) is 17.0. The summed E-state index contributed by atoms with van der Waals surface area (Å²) < 4.78 is 0. The predicted molar refractivity (Wildman–Crippen MR) is 94.7 cm³/mol. The monoisotopic (exact) mass is 285 g/mol. The molecule has 1 N–H and O–H groups in total. The van der Waals surface area contributed by atoms with Crippen molar-refractivity contribution in [1.29, 1.82) is 0 Å². The first-order valence-corrected chi connectivity index (χ1v) is 8.80. The summed E-state index contributed by atoms with van der Waals surface area (Å²) in [6.45, 7) is 4.60. The number of rotatable bonds is 9. The third kappa shape index (κ3) is 5.22. The number of nitrogens with one attached hydrogen (secondary N) is 1. The van der Waals surface area contributed by atoms with E-state index < -0.39 is 0 Å². The number of unbranched alkanes of at least 4 members (excludes halogenated alkanes) is 7. The van der Waals surface area contributed by atoms with Gasteiger partial charge in [-0.05, 0) is 25.0 Å². The molecule has 1 unspecified atom stereocenters.